The first-order valence-corrected chi connectivity index (χ1v) is 6.68. The van der Waals surface area contributed by atoms with Crippen molar-refractivity contribution < 1.29 is 9.53 Å². The van der Waals surface area contributed by atoms with E-state index >= 15 is 0 Å². The van der Waals surface area contributed by atoms with Gasteiger partial charge in [0, 0.05) is 11.3 Å². The van der Waals surface area contributed by atoms with Gasteiger partial charge in [-0.25, -0.2) is 4.99 Å². The lowest BCUT2D eigenvalue weighted by Gasteiger charge is -2.07. The minimum Gasteiger partial charge on any atom is -0.497 e. The number of nitrogens with one attached hydrogen (secondary N) is 1. The van der Waals surface area contributed by atoms with Gasteiger partial charge in [0.25, 0.3) is 0 Å². The van der Waals surface area contributed by atoms with Crippen molar-refractivity contribution in [3.8, 4) is 5.75 Å². The third kappa shape index (κ3) is 5.78. The number of carbonyl (C=O) groups is 1. The maximum Gasteiger partial charge on any atom is 0.248 e. The number of aliphatic imine (C=N–C) groups is 1. The highest BCUT2D eigenvalue weighted by atomic mass is 127. The van der Waals surface area contributed by atoms with Gasteiger partial charge in [-0.05, 0) is 42.0 Å². The molecule has 0 radical (unpaired) electrons. The standard InChI is InChI=1S/C16H18N4O2.HI/c1-22-14-7-5-13(6-8-14)20-16(18)19-10-11-3-2-4-12(9-11)15(17)21;/h2-9H,10H2,1H3,(H2,17,21)(H3,18,19,20);1H. The van der Waals surface area contributed by atoms with Gasteiger partial charge in [0.05, 0.1) is 13.7 Å². The van der Waals surface area contributed by atoms with Crippen LogP contribution in [0.2, 0.25) is 0 Å². The Balaban J connectivity index is 0.00000264. The molecule has 2 aromatic carbocycles. The van der Waals surface area contributed by atoms with Crippen LogP contribution in [-0.4, -0.2) is 19.0 Å². The summed E-state index contributed by atoms with van der Waals surface area (Å²) in [4.78, 5) is 15.4. The zero-order valence-corrected chi connectivity index (χ0v) is 15.0. The molecule has 0 aliphatic carbocycles. The molecule has 7 heteroatoms. The lowest BCUT2D eigenvalue weighted by Crippen LogP contribution is -2.22. The number of rotatable bonds is 5. The average Bonchev–Trinajstić information content (AvgIpc) is 2.54. The SMILES string of the molecule is COc1ccc(NC(N)=NCc2cccc(C(N)=O)c2)cc1.I. The molecule has 0 heterocycles. The quantitative estimate of drug-likeness (QED) is 0.388. The van der Waals surface area contributed by atoms with Gasteiger partial charge >= 0.3 is 0 Å². The minimum atomic E-state index is -0.463. The predicted octanol–water partition coefficient (Wildman–Crippen LogP) is 2.34. The Morgan fingerprint density at radius 3 is 2.48 bits per heavy atom. The fraction of sp³-hybridized carbons (Fsp3) is 0.125. The fourth-order valence-corrected chi connectivity index (χ4v) is 1.86. The van der Waals surface area contributed by atoms with Crippen LogP contribution in [-0.2, 0) is 6.54 Å². The smallest absolute Gasteiger partial charge is 0.248 e. The molecule has 0 aromatic heterocycles. The number of halogens is 1. The van der Waals surface area contributed by atoms with E-state index in [1.165, 1.54) is 0 Å². The minimum absolute atomic E-state index is 0. The van der Waals surface area contributed by atoms with Crippen molar-refractivity contribution in [1.82, 2.24) is 0 Å². The summed E-state index contributed by atoms with van der Waals surface area (Å²) < 4.78 is 5.08. The normalized spacial score (nSPS) is 10.6. The molecule has 1 amide bonds. The molecule has 5 N–H and O–H groups in total. The van der Waals surface area contributed by atoms with Crippen LogP contribution in [0.25, 0.3) is 0 Å². The molecule has 0 fully saturated rings. The molecule has 0 bridgehead atoms. The van der Waals surface area contributed by atoms with Crippen molar-refractivity contribution in [2.75, 3.05) is 12.4 Å². The van der Waals surface area contributed by atoms with E-state index in [2.05, 4.69) is 10.3 Å². The molecular weight excluding hydrogens is 407 g/mol. The number of guanidine groups is 1. The number of benzene rings is 2. The Hall–Kier alpha value is -2.29. The van der Waals surface area contributed by atoms with Gasteiger partial charge in [-0.3, -0.25) is 4.79 Å². The average molecular weight is 426 g/mol. The summed E-state index contributed by atoms with van der Waals surface area (Å²) in [6.07, 6.45) is 0. The predicted molar refractivity (Wildman–Crippen MR) is 102 cm³/mol. The second-order valence-electron chi connectivity index (χ2n) is 4.62. The molecule has 6 nitrogen and oxygen atoms in total. The molecule has 2 aromatic rings. The molecule has 23 heavy (non-hydrogen) atoms. The number of hydrogen-bond acceptors (Lipinski definition) is 3. The van der Waals surface area contributed by atoms with Crippen molar-refractivity contribution in [2.45, 2.75) is 6.54 Å². The highest BCUT2D eigenvalue weighted by Gasteiger charge is 2.01. The van der Waals surface area contributed by atoms with Crippen LogP contribution in [0.3, 0.4) is 0 Å². The lowest BCUT2D eigenvalue weighted by molar-refractivity contribution is 0.1000. The van der Waals surface area contributed by atoms with E-state index in [1.54, 1.807) is 25.3 Å². The lowest BCUT2D eigenvalue weighted by atomic mass is 10.1. The largest absolute Gasteiger partial charge is 0.497 e. The Morgan fingerprint density at radius 1 is 1.17 bits per heavy atom. The molecule has 0 saturated carbocycles. The fourth-order valence-electron chi connectivity index (χ4n) is 1.86. The highest BCUT2D eigenvalue weighted by molar-refractivity contribution is 14.0. The number of hydrogen-bond donors (Lipinski definition) is 3. The number of anilines is 1. The Morgan fingerprint density at radius 2 is 1.87 bits per heavy atom. The summed E-state index contributed by atoms with van der Waals surface area (Å²) in [5, 5.41) is 2.98. The molecule has 0 aliphatic rings. The molecule has 0 aliphatic heterocycles. The van der Waals surface area contributed by atoms with Crippen LogP contribution in [0.15, 0.2) is 53.5 Å². The third-order valence-electron chi connectivity index (χ3n) is 3.01. The Bertz CT molecular complexity index is 687. The Kier molecular flexibility index (Phi) is 7.33. The van der Waals surface area contributed by atoms with E-state index in [9.17, 15) is 4.79 Å². The summed E-state index contributed by atoms with van der Waals surface area (Å²) in [7, 11) is 1.61. The summed E-state index contributed by atoms with van der Waals surface area (Å²) in [6, 6.07) is 14.3. The van der Waals surface area contributed by atoms with E-state index in [4.69, 9.17) is 16.2 Å². The molecule has 0 unspecified atom stereocenters. The van der Waals surface area contributed by atoms with Gasteiger partial charge in [-0.15, -0.1) is 24.0 Å². The third-order valence-corrected chi connectivity index (χ3v) is 3.01. The van der Waals surface area contributed by atoms with E-state index in [-0.39, 0.29) is 29.9 Å². The topological polar surface area (TPSA) is 103 Å². The van der Waals surface area contributed by atoms with Gasteiger partial charge in [0.1, 0.15) is 5.75 Å². The first kappa shape index (κ1) is 18.8. The van der Waals surface area contributed by atoms with Crippen molar-refractivity contribution in [3.05, 3.63) is 59.7 Å². The van der Waals surface area contributed by atoms with Gasteiger partial charge in [0.15, 0.2) is 5.96 Å². The number of nitrogens with two attached hydrogens (primary N) is 2. The number of carbonyl (C=O) groups excluding carboxylic acids is 1. The van der Waals surface area contributed by atoms with Crippen LogP contribution in [0.4, 0.5) is 5.69 Å². The van der Waals surface area contributed by atoms with Crippen LogP contribution in [0.1, 0.15) is 15.9 Å². The number of nitrogens with zero attached hydrogens (tertiary/aromatic N) is 1. The van der Waals surface area contributed by atoms with Crippen LogP contribution < -0.4 is 21.5 Å². The van der Waals surface area contributed by atoms with Gasteiger partial charge < -0.3 is 21.5 Å². The maximum atomic E-state index is 11.1. The van der Waals surface area contributed by atoms with E-state index in [1.807, 2.05) is 30.3 Å². The second kappa shape index (κ2) is 8.99. The van der Waals surface area contributed by atoms with Crippen LogP contribution in [0.5, 0.6) is 5.75 Å². The number of methoxy groups -OCH3 is 1. The van der Waals surface area contributed by atoms with Crippen molar-refractivity contribution in [2.24, 2.45) is 16.5 Å². The zero-order valence-electron chi connectivity index (χ0n) is 12.7. The van der Waals surface area contributed by atoms with E-state index in [0.29, 0.717) is 12.1 Å². The maximum absolute atomic E-state index is 11.1. The molecular formula is C16H19IN4O2. The van der Waals surface area contributed by atoms with Crippen molar-refractivity contribution in [1.29, 1.82) is 0 Å². The van der Waals surface area contributed by atoms with E-state index in [0.717, 1.165) is 17.0 Å². The summed E-state index contributed by atoms with van der Waals surface area (Å²) >= 11 is 0. The van der Waals surface area contributed by atoms with Crippen LogP contribution >= 0.6 is 24.0 Å². The van der Waals surface area contributed by atoms with Gasteiger partial charge in [-0.2, -0.15) is 0 Å². The second-order valence-corrected chi connectivity index (χ2v) is 4.62. The monoisotopic (exact) mass is 426 g/mol. The van der Waals surface area contributed by atoms with Gasteiger partial charge in [-0.1, -0.05) is 12.1 Å². The summed E-state index contributed by atoms with van der Waals surface area (Å²) in [5.74, 6) is 0.592. The molecule has 0 spiro atoms. The number of primary amides is 1. The highest BCUT2D eigenvalue weighted by Crippen LogP contribution is 2.14. The number of ether oxygens (including phenoxy) is 1. The molecule has 0 atom stereocenters. The Labute approximate surface area is 151 Å². The molecule has 2 rings (SSSR count). The number of amides is 1. The summed E-state index contributed by atoms with van der Waals surface area (Å²) in [5.41, 5.74) is 13.2. The molecule has 0 saturated heterocycles. The van der Waals surface area contributed by atoms with E-state index < -0.39 is 5.91 Å². The summed E-state index contributed by atoms with van der Waals surface area (Å²) in [6.45, 7) is 0.357. The zero-order chi connectivity index (χ0) is 15.9. The van der Waals surface area contributed by atoms with Crippen molar-refractivity contribution in [3.63, 3.8) is 0 Å². The van der Waals surface area contributed by atoms with Crippen LogP contribution in [0, 0.1) is 0 Å². The first-order valence-electron chi connectivity index (χ1n) is 6.68. The first-order chi connectivity index (χ1) is 10.6. The molecule has 122 valence electrons. The van der Waals surface area contributed by atoms with Crippen molar-refractivity contribution >= 4 is 41.5 Å². The van der Waals surface area contributed by atoms with Gasteiger partial charge in [0.2, 0.25) is 5.91 Å².